The van der Waals surface area contributed by atoms with E-state index in [4.69, 9.17) is 30.5 Å². The van der Waals surface area contributed by atoms with Crippen LogP contribution in [0.4, 0.5) is 0 Å². The smallest absolute Gasteiger partial charge is 0.125 e. The first-order valence-electron chi connectivity index (χ1n) is 6.98. The largest absolute Gasteiger partial charge is 0.491 e. The van der Waals surface area contributed by atoms with Gasteiger partial charge in [-0.15, -0.1) is 0 Å². The molecule has 1 N–H and O–H groups in total. The molecule has 0 aliphatic carbocycles. The molecule has 21 heavy (non-hydrogen) atoms. The maximum absolute atomic E-state index is 6.15. The zero-order valence-corrected chi connectivity index (χ0v) is 13.4. The Hall–Kier alpha value is -0.850. The number of benzene rings is 1. The molecule has 0 unspecified atom stereocenters. The van der Waals surface area contributed by atoms with Crippen molar-refractivity contribution in [3.63, 3.8) is 0 Å². The van der Waals surface area contributed by atoms with Crippen LogP contribution in [0.25, 0.3) is 0 Å². The fourth-order valence-corrected chi connectivity index (χ4v) is 1.93. The summed E-state index contributed by atoms with van der Waals surface area (Å²) in [5.41, 5.74) is 0.963. The Kier molecular flexibility index (Phi) is 10.2. The van der Waals surface area contributed by atoms with Crippen molar-refractivity contribution < 1.29 is 18.9 Å². The molecular weight excluding hydrogens is 294 g/mol. The molecule has 6 heteroatoms. The highest BCUT2D eigenvalue weighted by atomic mass is 35.5. The summed E-state index contributed by atoms with van der Waals surface area (Å²) in [5.74, 6) is 0.789. The first-order valence-corrected chi connectivity index (χ1v) is 7.36. The monoisotopic (exact) mass is 317 g/mol. The number of ether oxygens (including phenoxy) is 4. The van der Waals surface area contributed by atoms with Gasteiger partial charge in [0.25, 0.3) is 0 Å². The van der Waals surface area contributed by atoms with Crippen LogP contribution in [0, 0.1) is 0 Å². The molecule has 0 bridgehead atoms. The van der Waals surface area contributed by atoms with E-state index in [1.165, 1.54) is 0 Å². The van der Waals surface area contributed by atoms with Crippen molar-refractivity contribution in [3.05, 3.63) is 28.8 Å². The van der Waals surface area contributed by atoms with E-state index in [0.29, 0.717) is 51.2 Å². The van der Waals surface area contributed by atoms with Gasteiger partial charge in [0, 0.05) is 24.2 Å². The number of nitrogens with one attached hydrogen (secondary N) is 1. The quantitative estimate of drug-likeness (QED) is 0.598. The van der Waals surface area contributed by atoms with Gasteiger partial charge in [0.2, 0.25) is 0 Å². The fraction of sp³-hybridized carbons (Fsp3) is 0.600. The van der Waals surface area contributed by atoms with Crippen LogP contribution in [0.2, 0.25) is 5.02 Å². The van der Waals surface area contributed by atoms with Crippen LogP contribution < -0.4 is 10.1 Å². The summed E-state index contributed by atoms with van der Waals surface area (Å²) in [5, 5.41) is 3.78. The number of halogens is 1. The maximum Gasteiger partial charge on any atom is 0.125 e. The topological polar surface area (TPSA) is 49.0 Å². The van der Waals surface area contributed by atoms with Crippen LogP contribution in [0.5, 0.6) is 5.75 Å². The normalized spacial score (nSPS) is 10.8. The molecule has 0 aliphatic rings. The average Bonchev–Trinajstić information content (AvgIpc) is 2.49. The van der Waals surface area contributed by atoms with E-state index < -0.39 is 0 Å². The Morgan fingerprint density at radius 3 is 2.33 bits per heavy atom. The molecule has 0 saturated heterocycles. The molecule has 1 rings (SSSR count). The molecule has 120 valence electrons. The minimum atomic E-state index is 0.481. The van der Waals surface area contributed by atoms with Crippen LogP contribution in [0.15, 0.2) is 18.2 Å². The lowest BCUT2D eigenvalue weighted by atomic mass is 10.2. The summed E-state index contributed by atoms with van der Waals surface area (Å²) < 4.78 is 21.3. The minimum Gasteiger partial charge on any atom is -0.491 e. The zero-order valence-electron chi connectivity index (χ0n) is 12.7. The van der Waals surface area contributed by atoms with Crippen molar-refractivity contribution >= 4 is 11.6 Å². The molecule has 5 nitrogen and oxygen atoms in total. The Labute approximate surface area is 131 Å². The minimum absolute atomic E-state index is 0.481. The third-order valence-electron chi connectivity index (χ3n) is 2.72. The highest BCUT2D eigenvalue weighted by Gasteiger charge is 2.07. The molecule has 0 aliphatic heterocycles. The summed E-state index contributed by atoms with van der Waals surface area (Å²) in [4.78, 5) is 0. The van der Waals surface area contributed by atoms with E-state index in [0.717, 1.165) is 11.3 Å². The van der Waals surface area contributed by atoms with Gasteiger partial charge in [0.1, 0.15) is 12.4 Å². The van der Waals surface area contributed by atoms with E-state index in [2.05, 4.69) is 5.32 Å². The van der Waals surface area contributed by atoms with Gasteiger partial charge >= 0.3 is 0 Å². The van der Waals surface area contributed by atoms with Crippen LogP contribution in [0.1, 0.15) is 5.56 Å². The molecule has 1 aromatic rings. The Morgan fingerprint density at radius 1 is 1.00 bits per heavy atom. The molecule has 0 saturated carbocycles. The van der Waals surface area contributed by atoms with Gasteiger partial charge in [-0.3, -0.25) is 0 Å². The van der Waals surface area contributed by atoms with Crippen molar-refractivity contribution in [3.8, 4) is 5.75 Å². The summed E-state index contributed by atoms with van der Waals surface area (Å²) >= 11 is 6.15. The molecule has 0 heterocycles. The van der Waals surface area contributed by atoms with Crippen LogP contribution in [-0.2, 0) is 20.8 Å². The van der Waals surface area contributed by atoms with Crippen molar-refractivity contribution in [2.24, 2.45) is 0 Å². The van der Waals surface area contributed by atoms with Crippen molar-refractivity contribution in [1.29, 1.82) is 0 Å². The molecule has 0 spiro atoms. The van der Waals surface area contributed by atoms with Gasteiger partial charge in [-0.25, -0.2) is 0 Å². The lowest BCUT2D eigenvalue weighted by molar-refractivity contribution is 0.0179. The number of hydrogen-bond acceptors (Lipinski definition) is 5. The maximum atomic E-state index is 6.15. The molecule has 0 amide bonds. The Balaban J connectivity index is 2.16. The van der Waals surface area contributed by atoms with Gasteiger partial charge in [-0.2, -0.15) is 0 Å². The molecule has 0 radical (unpaired) electrons. The highest BCUT2D eigenvalue weighted by Crippen LogP contribution is 2.26. The van der Waals surface area contributed by atoms with Gasteiger partial charge in [-0.1, -0.05) is 17.7 Å². The predicted octanol–water partition coefficient (Wildman–Crippen LogP) is 2.12. The predicted molar refractivity (Wildman–Crippen MR) is 83.2 cm³/mol. The standard InChI is InChI=1S/C15H24ClNO4/c1-17-12-13-14(16)4-3-5-15(13)21-11-10-20-9-8-19-7-6-18-2/h3-5,17H,6-12H2,1-2H3. The van der Waals surface area contributed by atoms with Crippen LogP contribution >= 0.6 is 11.6 Å². The summed E-state index contributed by atoms with van der Waals surface area (Å²) in [6, 6.07) is 5.64. The number of rotatable bonds is 12. The van der Waals surface area contributed by atoms with Gasteiger partial charge in [0.15, 0.2) is 0 Å². The third-order valence-corrected chi connectivity index (χ3v) is 3.07. The molecule has 0 fully saturated rings. The second-order valence-electron chi connectivity index (χ2n) is 4.31. The Morgan fingerprint density at radius 2 is 1.67 bits per heavy atom. The van der Waals surface area contributed by atoms with E-state index in [1.54, 1.807) is 7.11 Å². The van der Waals surface area contributed by atoms with E-state index in [9.17, 15) is 0 Å². The van der Waals surface area contributed by atoms with E-state index in [-0.39, 0.29) is 0 Å². The number of methoxy groups -OCH3 is 1. The van der Waals surface area contributed by atoms with Crippen molar-refractivity contribution in [2.45, 2.75) is 6.54 Å². The Bertz CT molecular complexity index is 390. The summed E-state index contributed by atoms with van der Waals surface area (Å²) in [6.45, 7) is 3.97. The number of hydrogen-bond donors (Lipinski definition) is 1. The van der Waals surface area contributed by atoms with Crippen molar-refractivity contribution in [2.75, 3.05) is 53.8 Å². The second kappa shape index (κ2) is 11.8. The van der Waals surface area contributed by atoms with E-state index in [1.807, 2.05) is 25.2 Å². The lowest BCUT2D eigenvalue weighted by Crippen LogP contribution is -2.13. The fourth-order valence-electron chi connectivity index (χ4n) is 1.70. The molecule has 0 aromatic heterocycles. The first kappa shape index (κ1) is 18.2. The second-order valence-corrected chi connectivity index (χ2v) is 4.72. The van der Waals surface area contributed by atoms with Crippen LogP contribution in [-0.4, -0.2) is 53.8 Å². The van der Waals surface area contributed by atoms with Crippen molar-refractivity contribution in [1.82, 2.24) is 5.32 Å². The van der Waals surface area contributed by atoms with E-state index >= 15 is 0 Å². The zero-order chi connectivity index (χ0) is 15.3. The van der Waals surface area contributed by atoms with Crippen LogP contribution in [0.3, 0.4) is 0 Å². The SMILES string of the molecule is CNCc1c(Cl)cccc1OCCOCCOCCOC. The molecule has 0 atom stereocenters. The highest BCUT2D eigenvalue weighted by molar-refractivity contribution is 6.31. The summed E-state index contributed by atoms with van der Waals surface area (Å²) in [6.07, 6.45) is 0. The van der Waals surface area contributed by atoms with Gasteiger partial charge in [0.05, 0.1) is 33.0 Å². The van der Waals surface area contributed by atoms with Gasteiger partial charge < -0.3 is 24.3 Å². The average molecular weight is 318 g/mol. The molecule has 1 aromatic carbocycles. The first-order chi connectivity index (χ1) is 10.3. The lowest BCUT2D eigenvalue weighted by Gasteiger charge is -2.13. The summed E-state index contributed by atoms with van der Waals surface area (Å²) in [7, 11) is 3.52. The molecular formula is C15H24ClNO4. The van der Waals surface area contributed by atoms with Gasteiger partial charge in [-0.05, 0) is 19.2 Å². The third kappa shape index (κ3) is 7.64.